The summed E-state index contributed by atoms with van der Waals surface area (Å²) in [5, 5.41) is 15.8. The molecular formula is C23H23N5O4. The summed E-state index contributed by atoms with van der Waals surface area (Å²) in [6.45, 7) is 2.14. The van der Waals surface area contributed by atoms with Crippen LogP contribution in [0.3, 0.4) is 0 Å². The first kappa shape index (κ1) is 21.4. The van der Waals surface area contributed by atoms with Crippen LogP contribution in [0.15, 0.2) is 59.7 Å². The summed E-state index contributed by atoms with van der Waals surface area (Å²) < 4.78 is 1.30. The molecule has 164 valence electrons. The number of para-hydroxylation sites is 2. The Morgan fingerprint density at radius 2 is 1.88 bits per heavy atom. The van der Waals surface area contributed by atoms with Gasteiger partial charge in [-0.2, -0.15) is 5.10 Å². The molecule has 0 N–H and O–H groups in total. The highest BCUT2D eigenvalue weighted by molar-refractivity contribution is 5.92. The Balaban J connectivity index is 1.79. The van der Waals surface area contributed by atoms with Gasteiger partial charge >= 0.3 is 0 Å². The largest absolute Gasteiger partial charge is 0.330 e. The number of carbonyl (C=O) groups is 1. The van der Waals surface area contributed by atoms with Crippen molar-refractivity contribution in [2.24, 2.45) is 0 Å². The first-order chi connectivity index (χ1) is 15.5. The van der Waals surface area contributed by atoms with E-state index in [2.05, 4.69) is 10.1 Å². The van der Waals surface area contributed by atoms with Crippen molar-refractivity contribution in [2.75, 3.05) is 6.54 Å². The fourth-order valence-electron chi connectivity index (χ4n) is 4.16. The van der Waals surface area contributed by atoms with Crippen LogP contribution in [0.5, 0.6) is 0 Å². The lowest BCUT2D eigenvalue weighted by atomic mass is 10.0. The highest BCUT2D eigenvalue weighted by Gasteiger charge is 2.30. The third kappa shape index (κ3) is 4.14. The number of hydrogen-bond acceptors (Lipinski definition) is 6. The van der Waals surface area contributed by atoms with Crippen molar-refractivity contribution in [3.8, 4) is 5.69 Å². The predicted octanol–water partition coefficient (Wildman–Crippen LogP) is 3.60. The average molecular weight is 433 g/mol. The van der Waals surface area contributed by atoms with Crippen LogP contribution < -0.4 is 5.43 Å². The molecule has 4 rings (SSSR count). The Morgan fingerprint density at radius 3 is 2.62 bits per heavy atom. The van der Waals surface area contributed by atoms with Crippen molar-refractivity contribution in [1.82, 2.24) is 19.7 Å². The molecule has 1 aliphatic heterocycles. The summed E-state index contributed by atoms with van der Waals surface area (Å²) in [6.07, 6.45) is 6.95. The molecule has 0 saturated carbocycles. The van der Waals surface area contributed by atoms with Crippen molar-refractivity contribution in [3.05, 3.63) is 92.1 Å². The first-order valence-electron chi connectivity index (χ1n) is 10.5. The van der Waals surface area contributed by atoms with Gasteiger partial charge in [-0.1, -0.05) is 25.0 Å². The SMILES string of the molecule is Cc1cc(=O)c(C(=O)N2CCCCCC2c2ccncc2)nn1-c1ccccc1[N+](=O)[O-]. The van der Waals surface area contributed by atoms with Gasteiger partial charge in [-0.3, -0.25) is 24.7 Å². The van der Waals surface area contributed by atoms with Gasteiger partial charge < -0.3 is 4.90 Å². The zero-order valence-electron chi connectivity index (χ0n) is 17.7. The number of carbonyl (C=O) groups excluding carboxylic acids is 1. The number of pyridine rings is 1. The van der Waals surface area contributed by atoms with Crippen LogP contribution in [-0.4, -0.2) is 37.0 Å². The van der Waals surface area contributed by atoms with E-state index < -0.39 is 16.3 Å². The molecule has 1 aliphatic rings. The maximum atomic E-state index is 13.6. The van der Waals surface area contributed by atoms with Gasteiger partial charge in [-0.25, -0.2) is 4.68 Å². The number of hydrogen-bond donors (Lipinski definition) is 0. The molecule has 0 spiro atoms. The van der Waals surface area contributed by atoms with Crippen LogP contribution in [0, 0.1) is 17.0 Å². The van der Waals surface area contributed by atoms with Crippen LogP contribution in [0.4, 0.5) is 5.69 Å². The molecule has 1 fully saturated rings. The summed E-state index contributed by atoms with van der Waals surface area (Å²) in [4.78, 5) is 43.1. The van der Waals surface area contributed by atoms with Gasteiger partial charge in [0.25, 0.3) is 11.6 Å². The molecule has 0 radical (unpaired) electrons. The molecule has 0 bridgehead atoms. The van der Waals surface area contributed by atoms with Gasteiger partial charge in [-0.05, 0) is 43.5 Å². The van der Waals surface area contributed by atoms with Gasteiger partial charge in [0, 0.05) is 36.8 Å². The van der Waals surface area contributed by atoms with Crippen molar-refractivity contribution in [2.45, 2.75) is 38.6 Å². The van der Waals surface area contributed by atoms with Crippen molar-refractivity contribution in [3.63, 3.8) is 0 Å². The predicted molar refractivity (Wildman–Crippen MR) is 118 cm³/mol. The van der Waals surface area contributed by atoms with E-state index in [1.165, 1.54) is 16.8 Å². The summed E-state index contributed by atoms with van der Waals surface area (Å²) in [7, 11) is 0. The quantitative estimate of drug-likeness (QED) is 0.459. The average Bonchev–Trinajstić information content (AvgIpc) is 3.05. The van der Waals surface area contributed by atoms with Gasteiger partial charge in [0.15, 0.2) is 5.69 Å². The number of nitro benzene ring substituents is 1. The normalized spacial score (nSPS) is 16.4. The Hall–Kier alpha value is -3.88. The number of rotatable bonds is 4. The second kappa shape index (κ2) is 9.09. The van der Waals surface area contributed by atoms with Gasteiger partial charge in [0.2, 0.25) is 5.43 Å². The lowest BCUT2D eigenvalue weighted by Crippen LogP contribution is -2.39. The molecule has 1 unspecified atom stereocenters. The van der Waals surface area contributed by atoms with E-state index in [-0.39, 0.29) is 23.1 Å². The molecule has 1 amide bonds. The van der Waals surface area contributed by atoms with E-state index >= 15 is 0 Å². The number of nitro groups is 1. The number of aryl methyl sites for hydroxylation is 1. The van der Waals surface area contributed by atoms with E-state index in [0.29, 0.717) is 12.2 Å². The fourth-order valence-corrected chi connectivity index (χ4v) is 4.16. The zero-order chi connectivity index (χ0) is 22.7. The van der Waals surface area contributed by atoms with Crippen LogP contribution >= 0.6 is 0 Å². The first-order valence-corrected chi connectivity index (χ1v) is 10.5. The number of benzene rings is 1. The minimum Gasteiger partial charge on any atom is -0.330 e. The molecule has 1 aromatic carbocycles. The molecule has 1 saturated heterocycles. The molecule has 9 nitrogen and oxygen atoms in total. The zero-order valence-corrected chi connectivity index (χ0v) is 17.7. The Kier molecular flexibility index (Phi) is 6.07. The van der Waals surface area contributed by atoms with Crippen molar-refractivity contribution in [1.29, 1.82) is 0 Å². The smallest absolute Gasteiger partial charge is 0.294 e. The second-order valence-electron chi connectivity index (χ2n) is 7.80. The molecule has 9 heteroatoms. The topological polar surface area (TPSA) is 111 Å². The Labute approximate surface area is 184 Å². The molecule has 3 heterocycles. The molecular weight excluding hydrogens is 410 g/mol. The summed E-state index contributed by atoms with van der Waals surface area (Å²) in [5.41, 5.74) is 0.665. The summed E-state index contributed by atoms with van der Waals surface area (Å²) in [6, 6.07) is 11.0. The summed E-state index contributed by atoms with van der Waals surface area (Å²) in [5.74, 6) is -0.467. The molecule has 0 aliphatic carbocycles. The van der Waals surface area contributed by atoms with Crippen molar-refractivity contribution < 1.29 is 9.72 Å². The van der Waals surface area contributed by atoms with Crippen LogP contribution in [-0.2, 0) is 0 Å². The van der Waals surface area contributed by atoms with Crippen LogP contribution in [0.2, 0.25) is 0 Å². The highest BCUT2D eigenvalue weighted by Crippen LogP contribution is 2.31. The maximum Gasteiger partial charge on any atom is 0.294 e. The van der Waals surface area contributed by atoms with Gasteiger partial charge in [0.1, 0.15) is 5.69 Å². The molecule has 32 heavy (non-hydrogen) atoms. The Morgan fingerprint density at radius 1 is 1.12 bits per heavy atom. The van der Waals surface area contributed by atoms with Gasteiger partial charge in [0.05, 0.1) is 11.0 Å². The molecule has 3 aromatic rings. The number of likely N-dealkylation sites (tertiary alicyclic amines) is 1. The summed E-state index contributed by atoms with van der Waals surface area (Å²) >= 11 is 0. The standard InChI is InChI=1S/C23H23N5O4/c1-16-15-21(29)22(25-27(16)19-8-4-5-9-20(19)28(31)32)23(30)26-14-6-2-3-7-18(26)17-10-12-24-13-11-17/h4-5,8-13,15,18H,2-3,6-7,14H2,1H3. The molecule has 1 atom stereocenters. The minimum atomic E-state index is -0.510. The third-order valence-corrected chi connectivity index (χ3v) is 5.72. The molecule has 2 aromatic heterocycles. The van der Waals surface area contributed by atoms with E-state index in [0.717, 1.165) is 31.2 Å². The second-order valence-corrected chi connectivity index (χ2v) is 7.80. The van der Waals surface area contributed by atoms with E-state index in [4.69, 9.17) is 0 Å². The van der Waals surface area contributed by atoms with Crippen LogP contribution in [0.1, 0.15) is 53.5 Å². The lowest BCUT2D eigenvalue weighted by molar-refractivity contribution is -0.384. The maximum absolute atomic E-state index is 13.6. The van der Waals surface area contributed by atoms with Gasteiger partial charge in [-0.15, -0.1) is 0 Å². The Bertz CT molecular complexity index is 1210. The van der Waals surface area contributed by atoms with E-state index in [1.807, 2.05) is 12.1 Å². The highest BCUT2D eigenvalue weighted by atomic mass is 16.6. The number of aromatic nitrogens is 3. The van der Waals surface area contributed by atoms with E-state index in [1.54, 1.807) is 42.4 Å². The number of amides is 1. The minimum absolute atomic E-state index is 0.158. The number of nitrogens with zero attached hydrogens (tertiary/aromatic N) is 5. The fraction of sp³-hybridized carbons (Fsp3) is 0.304. The third-order valence-electron chi connectivity index (χ3n) is 5.72. The lowest BCUT2D eigenvalue weighted by Gasteiger charge is -2.30. The van der Waals surface area contributed by atoms with Crippen LogP contribution in [0.25, 0.3) is 5.69 Å². The van der Waals surface area contributed by atoms with E-state index in [9.17, 15) is 19.7 Å². The van der Waals surface area contributed by atoms with Crippen molar-refractivity contribution >= 4 is 11.6 Å². The monoisotopic (exact) mass is 433 g/mol.